The van der Waals surface area contributed by atoms with E-state index >= 15 is 0 Å². The smallest absolute Gasteiger partial charge is 0.0435 e. The average molecular weight is 290 g/mol. The standard InChI is InChI=1S/C13H18BrCl/c1-9(2)6-12(14)8-11-4-5-13(15)10(3)7-11/h4-5,7,9,12H,6,8H2,1-3H3. The van der Waals surface area contributed by atoms with Crippen LogP contribution in [0.25, 0.3) is 0 Å². The quantitative estimate of drug-likeness (QED) is 0.684. The first-order valence-electron chi connectivity index (χ1n) is 5.38. The molecule has 84 valence electrons. The summed E-state index contributed by atoms with van der Waals surface area (Å²) in [6.45, 7) is 6.56. The maximum Gasteiger partial charge on any atom is 0.0435 e. The summed E-state index contributed by atoms with van der Waals surface area (Å²) in [5.41, 5.74) is 2.53. The minimum absolute atomic E-state index is 0.568. The fourth-order valence-electron chi connectivity index (χ4n) is 1.68. The summed E-state index contributed by atoms with van der Waals surface area (Å²) in [4.78, 5) is 0.568. The Bertz CT molecular complexity index is 320. The highest BCUT2D eigenvalue weighted by Crippen LogP contribution is 2.21. The molecule has 0 heterocycles. The van der Waals surface area contributed by atoms with E-state index in [4.69, 9.17) is 11.6 Å². The van der Waals surface area contributed by atoms with Gasteiger partial charge in [-0.3, -0.25) is 0 Å². The Labute approximate surface area is 106 Å². The molecule has 0 nitrogen and oxygen atoms in total. The topological polar surface area (TPSA) is 0 Å². The first kappa shape index (κ1) is 13.1. The van der Waals surface area contributed by atoms with E-state index in [-0.39, 0.29) is 0 Å². The number of rotatable bonds is 4. The molecule has 0 N–H and O–H groups in total. The molecule has 0 aliphatic carbocycles. The van der Waals surface area contributed by atoms with Gasteiger partial charge in [-0.15, -0.1) is 0 Å². The van der Waals surface area contributed by atoms with Gasteiger partial charge < -0.3 is 0 Å². The molecule has 15 heavy (non-hydrogen) atoms. The van der Waals surface area contributed by atoms with E-state index in [2.05, 4.69) is 48.8 Å². The predicted molar refractivity (Wildman–Crippen MR) is 72.1 cm³/mol. The third-order valence-electron chi connectivity index (χ3n) is 2.41. The highest BCUT2D eigenvalue weighted by Gasteiger charge is 2.08. The molecule has 1 aromatic rings. The lowest BCUT2D eigenvalue weighted by Gasteiger charge is -2.12. The zero-order chi connectivity index (χ0) is 11.4. The molecule has 0 aliphatic heterocycles. The molecular formula is C13H18BrCl. The molecule has 0 saturated carbocycles. The van der Waals surface area contributed by atoms with Crippen LogP contribution in [0.3, 0.4) is 0 Å². The molecule has 1 unspecified atom stereocenters. The molecule has 0 spiro atoms. The molecule has 0 aliphatic rings. The molecule has 0 fully saturated rings. The molecule has 0 aromatic heterocycles. The van der Waals surface area contributed by atoms with Crippen LogP contribution in [-0.4, -0.2) is 4.83 Å². The largest absolute Gasteiger partial charge is 0.0887 e. The Balaban J connectivity index is 2.60. The van der Waals surface area contributed by atoms with Crippen molar-refractivity contribution >= 4 is 27.5 Å². The molecule has 0 radical (unpaired) electrons. The van der Waals surface area contributed by atoms with Crippen molar-refractivity contribution in [1.29, 1.82) is 0 Å². The molecule has 1 rings (SSSR count). The summed E-state index contributed by atoms with van der Waals surface area (Å²) >= 11 is 9.72. The van der Waals surface area contributed by atoms with Crippen molar-refractivity contribution in [1.82, 2.24) is 0 Å². The highest BCUT2D eigenvalue weighted by molar-refractivity contribution is 9.09. The van der Waals surface area contributed by atoms with E-state index in [9.17, 15) is 0 Å². The van der Waals surface area contributed by atoms with E-state index in [1.165, 1.54) is 17.5 Å². The van der Waals surface area contributed by atoms with Crippen LogP contribution in [-0.2, 0) is 6.42 Å². The van der Waals surface area contributed by atoms with Crippen LogP contribution < -0.4 is 0 Å². The maximum atomic E-state index is 5.99. The molecule has 1 aromatic carbocycles. The van der Waals surface area contributed by atoms with Crippen molar-refractivity contribution < 1.29 is 0 Å². The number of hydrogen-bond donors (Lipinski definition) is 0. The van der Waals surface area contributed by atoms with Crippen LogP contribution in [0, 0.1) is 12.8 Å². The maximum absolute atomic E-state index is 5.99. The number of benzene rings is 1. The van der Waals surface area contributed by atoms with Crippen molar-refractivity contribution in [3.63, 3.8) is 0 Å². The third-order valence-corrected chi connectivity index (χ3v) is 3.53. The van der Waals surface area contributed by atoms with E-state index in [0.717, 1.165) is 17.4 Å². The summed E-state index contributed by atoms with van der Waals surface area (Å²) in [6.07, 6.45) is 2.29. The summed E-state index contributed by atoms with van der Waals surface area (Å²) in [5, 5.41) is 0.855. The van der Waals surface area contributed by atoms with Crippen molar-refractivity contribution in [2.24, 2.45) is 5.92 Å². The zero-order valence-corrected chi connectivity index (χ0v) is 11.9. The van der Waals surface area contributed by atoms with E-state index in [1.54, 1.807) is 0 Å². The van der Waals surface area contributed by atoms with Gasteiger partial charge in [0.2, 0.25) is 0 Å². The number of hydrogen-bond acceptors (Lipinski definition) is 0. The SMILES string of the molecule is Cc1cc(CC(Br)CC(C)C)ccc1Cl. The lowest BCUT2D eigenvalue weighted by molar-refractivity contribution is 0.571. The van der Waals surface area contributed by atoms with Gasteiger partial charge in [0, 0.05) is 9.85 Å². The van der Waals surface area contributed by atoms with Gasteiger partial charge in [0.05, 0.1) is 0 Å². The number of halogens is 2. The molecule has 0 saturated heterocycles. The predicted octanol–water partition coefficient (Wildman–Crippen LogP) is 5.00. The van der Waals surface area contributed by atoms with Gasteiger partial charge >= 0.3 is 0 Å². The van der Waals surface area contributed by atoms with E-state index in [1.807, 2.05) is 6.07 Å². The van der Waals surface area contributed by atoms with Gasteiger partial charge in [0.15, 0.2) is 0 Å². The van der Waals surface area contributed by atoms with Gasteiger partial charge in [-0.05, 0) is 42.9 Å². The van der Waals surface area contributed by atoms with Gasteiger partial charge in [-0.25, -0.2) is 0 Å². The second-order valence-electron chi connectivity index (χ2n) is 4.51. The van der Waals surface area contributed by atoms with Crippen molar-refractivity contribution in [2.75, 3.05) is 0 Å². The summed E-state index contributed by atoms with van der Waals surface area (Å²) in [7, 11) is 0. The Morgan fingerprint density at radius 3 is 2.53 bits per heavy atom. The van der Waals surface area contributed by atoms with Gasteiger partial charge in [0.1, 0.15) is 0 Å². The first-order chi connectivity index (χ1) is 6.99. The molecular weight excluding hydrogens is 271 g/mol. The summed E-state index contributed by atoms with van der Waals surface area (Å²) in [5.74, 6) is 0.739. The van der Waals surface area contributed by atoms with Crippen LogP contribution in [0.1, 0.15) is 31.4 Å². The average Bonchev–Trinajstić information content (AvgIpc) is 2.10. The second-order valence-corrected chi connectivity index (χ2v) is 6.22. The molecule has 0 amide bonds. The van der Waals surface area contributed by atoms with Crippen LogP contribution in [0.15, 0.2) is 18.2 Å². The summed E-state index contributed by atoms with van der Waals surface area (Å²) in [6, 6.07) is 6.28. The molecule has 1 atom stereocenters. The van der Waals surface area contributed by atoms with Crippen LogP contribution in [0.2, 0.25) is 5.02 Å². The second kappa shape index (κ2) is 5.91. The minimum atomic E-state index is 0.568. The lowest BCUT2D eigenvalue weighted by atomic mass is 10.0. The van der Waals surface area contributed by atoms with Crippen LogP contribution >= 0.6 is 27.5 Å². The molecule has 2 heteroatoms. The van der Waals surface area contributed by atoms with Crippen LogP contribution in [0.5, 0.6) is 0 Å². The zero-order valence-electron chi connectivity index (χ0n) is 9.56. The lowest BCUT2D eigenvalue weighted by Crippen LogP contribution is -2.06. The highest BCUT2D eigenvalue weighted by atomic mass is 79.9. The number of aryl methyl sites for hydroxylation is 1. The third kappa shape index (κ3) is 4.56. The Kier molecular flexibility index (Phi) is 5.14. The van der Waals surface area contributed by atoms with Crippen molar-refractivity contribution in [3.8, 4) is 0 Å². The Morgan fingerprint density at radius 1 is 1.33 bits per heavy atom. The Hall–Kier alpha value is -0.0100. The number of alkyl halides is 1. The minimum Gasteiger partial charge on any atom is -0.0887 e. The Morgan fingerprint density at radius 2 is 2.00 bits per heavy atom. The fraction of sp³-hybridized carbons (Fsp3) is 0.538. The van der Waals surface area contributed by atoms with E-state index in [0.29, 0.717) is 4.83 Å². The van der Waals surface area contributed by atoms with E-state index < -0.39 is 0 Å². The van der Waals surface area contributed by atoms with Crippen molar-refractivity contribution in [3.05, 3.63) is 34.3 Å². The van der Waals surface area contributed by atoms with Gasteiger partial charge in [-0.2, -0.15) is 0 Å². The monoisotopic (exact) mass is 288 g/mol. The first-order valence-corrected chi connectivity index (χ1v) is 6.67. The normalized spacial score (nSPS) is 13.2. The summed E-state index contributed by atoms with van der Waals surface area (Å²) < 4.78 is 0. The van der Waals surface area contributed by atoms with Gasteiger partial charge in [-0.1, -0.05) is 53.5 Å². The van der Waals surface area contributed by atoms with Gasteiger partial charge in [0.25, 0.3) is 0 Å². The fourth-order valence-corrected chi connectivity index (χ4v) is 2.92. The molecule has 0 bridgehead atoms. The van der Waals surface area contributed by atoms with Crippen molar-refractivity contribution in [2.45, 2.75) is 38.4 Å². The van der Waals surface area contributed by atoms with Crippen LogP contribution in [0.4, 0.5) is 0 Å².